The number of nitrogens with one attached hydrogen (secondary N) is 1. The lowest BCUT2D eigenvalue weighted by molar-refractivity contribution is 0.0949. The standard InChI is InChI=1S/C13H17F2NO3S/c1-20(18,19)8-4-2-3-7-16-13(17)11-6-5-10(14)9-12(11)15/h5-6,9H,2-4,7-8H2,1H3,(H,16,17). The van der Waals surface area contributed by atoms with Crippen molar-refractivity contribution >= 4 is 15.7 Å². The highest BCUT2D eigenvalue weighted by molar-refractivity contribution is 7.90. The van der Waals surface area contributed by atoms with E-state index in [0.29, 0.717) is 31.9 Å². The molecule has 1 amide bonds. The fourth-order valence-corrected chi connectivity index (χ4v) is 2.37. The van der Waals surface area contributed by atoms with E-state index in [1.165, 1.54) is 6.26 Å². The van der Waals surface area contributed by atoms with Gasteiger partial charge >= 0.3 is 0 Å². The van der Waals surface area contributed by atoms with Gasteiger partial charge in [-0.2, -0.15) is 0 Å². The molecular formula is C13H17F2NO3S. The quantitative estimate of drug-likeness (QED) is 0.783. The molecule has 7 heteroatoms. The van der Waals surface area contributed by atoms with Gasteiger partial charge < -0.3 is 5.32 Å². The van der Waals surface area contributed by atoms with E-state index in [4.69, 9.17) is 0 Å². The van der Waals surface area contributed by atoms with Crippen LogP contribution in [0.3, 0.4) is 0 Å². The summed E-state index contributed by atoms with van der Waals surface area (Å²) in [4.78, 5) is 11.6. The summed E-state index contributed by atoms with van der Waals surface area (Å²) in [5, 5.41) is 2.51. The van der Waals surface area contributed by atoms with Crippen molar-refractivity contribution in [1.29, 1.82) is 0 Å². The highest BCUT2D eigenvalue weighted by atomic mass is 32.2. The molecule has 0 aliphatic rings. The van der Waals surface area contributed by atoms with E-state index >= 15 is 0 Å². The number of rotatable bonds is 7. The SMILES string of the molecule is CS(=O)(=O)CCCCCNC(=O)c1ccc(F)cc1F. The molecule has 20 heavy (non-hydrogen) atoms. The van der Waals surface area contributed by atoms with Crippen LogP contribution >= 0.6 is 0 Å². The maximum atomic E-state index is 13.3. The minimum Gasteiger partial charge on any atom is -0.352 e. The molecule has 112 valence electrons. The molecule has 0 heterocycles. The molecule has 1 aromatic carbocycles. The van der Waals surface area contributed by atoms with Crippen molar-refractivity contribution in [1.82, 2.24) is 5.32 Å². The molecule has 1 N–H and O–H groups in total. The molecule has 0 bridgehead atoms. The summed E-state index contributed by atoms with van der Waals surface area (Å²) in [6.45, 7) is 0.319. The summed E-state index contributed by atoms with van der Waals surface area (Å²) in [5.74, 6) is -2.13. The number of sulfone groups is 1. The van der Waals surface area contributed by atoms with E-state index in [9.17, 15) is 22.0 Å². The Labute approximate surface area is 117 Å². The largest absolute Gasteiger partial charge is 0.352 e. The molecule has 0 unspecified atom stereocenters. The van der Waals surface area contributed by atoms with Crippen molar-refractivity contribution in [3.05, 3.63) is 35.4 Å². The Bertz CT molecular complexity index is 573. The number of benzene rings is 1. The van der Waals surface area contributed by atoms with Gasteiger partial charge in [0.2, 0.25) is 0 Å². The monoisotopic (exact) mass is 305 g/mol. The number of carbonyl (C=O) groups is 1. The van der Waals surface area contributed by atoms with E-state index in [1.807, 2.05) is 0 Å². The third kappa shape index (κ3) is 6.10. The van der Waals surface area contributed by atoms with Gasteiger partial charge in [-0.1, -0.05) is 6.42 Å². The van der Waals surface area contributed by atoms with Crippen LogP contribution in [0.25, 0.3) is 0 Å². The lowest BCUT2D eigenvalue weighted by Gasteiger charge is -2.06. The topological polar surface area (TPSA) is 63.2 Å². The van der Waals surface area contributed by atoms with E-state index in [0.717, 1.165) is 12.1 Å². The predicted octanol–water partition coefficient (Wildman–Crippen LogP) is 1.91. The fourth-order valence-electron chi connectivity index (χ4n) is 1.64. The first-order valence-corrected chi connectivity index (χ1v) is 8.26. The Kier molecular flexibility index (Phi) is 6.06. The molecule has 0 aliphatic heterocycles. The zero-order valence-corrected chi connectivity index (χ0v) is 12.0. The second-order valence-corrected chi connectivity index (χ2v) is 6.83. The molecule has 0 aliphatic carbocycles. The number of hydrogen-bond donors (Lipinski definition) is 1. The van der Waals surface area contributed by atoms with E-state index in [2.05, 4.69) is 5.32 Å². The van der Waals surface area contributed by atoms with Crippen molar-refractivity contribution in [2.75, 3.05) is 18.6 Å². The maximum Gasteiger partial charge on any atom is 0.254 e. The third-order valence-corrected chi connectivity index (χ3v) is 3.68. The van der Waals surface area contributed by atoms with Crippen LogP contribution in [-0.2, 0) is 9.84 Å². The molecule has 0 aromatic heterocycles. The minimum atomic E-state index is -2.95. The molecule has 1 rings (SSSR count). The van der Waals surface area contributed by atoms with Crippen molar-refractivity contribution in [2.24, 2.45) is 0 Å². The summed E-state index contributed by atoms with van der Waals surface area (Å²) < 4.78 is 47.7. The Morgan fingerprint density at radius 2 is 1.90 bits per heavy atom. The summed E-state index contributed by atoms with van der Waals surface area (Å²) >= 11 is 0. The molecular weight excluding hydrogens is 288 g/mol. The Balaban J connectivity index is 2.30. The number of halogens is 2. The first-order valence-electron chi connectivity index (χ1n) is 6.20. The van der Waals surface area contributed by atoms with Crippen LogP contribution in [0.15, 0.2) is 18.2 Å². The number of carbonyl (C=O) groups excluding carboxylic acids is 1. The summed E-state index contributed by atoms with van der Waals surface area (Å²) in [5.41, 5.74) is -0.206. The van der Waals surface area contributed by atoms with Gasteiger partial charge in [-0.25, -0.2) is 17.2 Å². The van der Waals surface area contributed by atoms with Crippen LogP contribution in [0.5, 0.6) is 0 Å². The Morgan fingerprint density at radius 1 is 1.20 bits per heavy atom. The summed E-state index contributed by atoms with van der Waals surface area (Å²) in [7, 11) is -2.95. The first kappa shape index (κ1) is 16.6. The van der Waals surface area contributed by atoms with Crippen LogP contribution in [0.4, 0.5) is 8.78 Å². The van der Waals surface area contributed by atoms with E-state index in [-0.39, 0.29) is 11.3 Å². The van der Waals surface area contributed by atoms with Crippen molar-refractivity contribution in [2.45, 2.75) is 19.3 Å². The lowest BCUT2D eigenvalue weighted by atomic mass is 10.2. The fraction of sp³-hybridized carbons (Fsp3) is 0.462. The Hall–Kier alpha value is -1.50. The molecule has 0 fully saturated rings. The summed E-state index contributed by atoms with van der Waals surface area (Å²) in [6.07, 6.45) is 2.95. The maximum absolute atomic E-state index is 13.3. The molecule has 0 saturated heterocycles. The number of unbranched alkanes of at least 4 members (excludes halogenated alkanes) is 2. The van der Waals surface area contributed by atoms with Gasteiger partial charge in [0.25, 0.3) is 5.91 Å². The van der Waals surface area contributed by atoms with Gasteiger partial charge in [-0.05, 0) is 25.0 Å². The molecule has 0 spiro atoms. The van der Waals surface area contributed by atoms with Crippen molar-refractivity contribution in [3.63, 3.8) is 0 Å². The molecule has 0 radical (unpaired) electrons. The van der Waals surface area contributed by atoms with Crippen LogP contribution in [0, 0.1) is 11.6 Å². The zero-order chi connectivity index (χ0) is 15.2. The second kappa shape index (κ2) is 7.33. The highest BCUT2D eigenvalue weighted by Gasteiger charge is 2.11. The van der Waals surface area contributed by atoms with Gasteiger partial charge in [0.1, 0.15) is 21.5 Å². The highest BCUT2D eigenvalue weighted by Crippen LogP contribution is 2.09. The molecule has 0 saturated carbocycles. The van der Waals surface area contributed by atoms with Crippen LogP contribution in [0.1, 0.15) is 29.6 Å². The van der Waals surface area contributed by atoms with Gasteiger partial charge in [0.05, 0.1) is 5.56 Å². The molecule has 4 nitrogen and oxygen atoms in total. The van der Waals surface area contributed by atoms with Crippen molar-refractivity contribution < 1.29 is 22.0 Å². The average Bonchev–Trinajstić information content (AvgIpc) is 2.32. The van der Waals surface area contributed by atoms with E-state index < -0.39 is 27.4 Å². The van der Waals surface area contributed by atoms with Crippen LogP contribution in [0.2, 0.25) is 0 Å². The number of amides is 1. The second-order valence-electron chi connectivity index (χ2n) is 4.57. The minimum absolute atomic E-state index is 0.119. The normalized spacial score (nSPS) is 11.3. The van der Waals surface area contributed by atoms with Gasteiger partial charge in [0, 0.05) is 24.6 Å². The van der Waals surface area contributed by atoms with E-state index in [1.54, 1.807) is 0 Å². The Morgan fingerprint density at radius 3 is 2.50 bits per heavy atom. The smallest absolute Gasteiger partial charge is 0.254 e. The third-order valence-electron chi connectivity index (χ3n) is 2.65. The van der Waals surface area contributed by atoms with Gasteiger partial charge in [-0.3, -0.25) is 4.79 Å². The van der Waals surface area contributed by atoms with Gasteiger partial charge in [-0.15, -0.1) is 0 Å². The molecule has 0 atom stereocenters. The van der Waals surface area contributed by atoms with Crippen LogP contribution in [-0.4, -0.2) is 32.9 Å². The lowest BCUT2D eigenvalue weighted by Crippen LogP contribution is -2.25. The first-order chi connectivity index (χ1) is 9.29. The average molecular weight is 305 g/mol. The van der Waals surface area contributed by atoms with Crippen LogP contribution < -0.4 is 5.32 Å². The summed E-state index contributed by atoms with van der Waals surface area (Å²) in [6, 6.07) is 2.76. The number of hydrogen-bond acceptors (Lipinski definition) is 3. The predicted molar refractivity (Wildman–Crippen MR) is 72.3 cm³/mol. The molecule has 1 aromatic rings. The van der Waals surface area contributed by atoms with Gasteiger partial charge in [0.15, 0.2) is 0 Å². The zero-order valence-electron chi connectivity index (χ0n) is 11.2. The van der Waals surface area contributed by atoms with Crippen molar-refractivity contribution in [3.8, 4) is 0 Å².